The lowest BCUT2D eigenvalue weighted by Gasteiger charge is -2.10. The van der Waals surface area contributed by atoms with Crippen LogP contribution in [0.5, 0.6) is 5.75 Å². The smallest absolute Gasteiger partial charge is 0.276 e. The Balaban J connectivity index is 1.80. The number of aromatic nitrogens is 4. The van der Waals surface area contributed by atoms with Gasteiger partial charge in [0.2, 0.25) is 0 Å². The number of rotatable bonds is 4. The second kappa shape index (κ2) is 6.45. The summed E-state index contributed by atoms with van der Waals surface area (Å²) >= 11 is 5.94. The number of anilines is 1. The lowest BCUT2D eigenvalue weighted by molar-refractivity contribution is 0.102. The van der Waals surface area contributed by atoms with E-state index in [0.717, 1.165) is 0 Å². The molecule has 116 valence electrons. The van der Waals surface area contributed by atoms with E-state index in [-0.39, 0.29) is 5.69 Å². The van der Waals surface area contributed by atoms with Crippen molar-refractivity contribution in [3.05, 3.63) is 59.8 Å². The number of nitrogens with one attached hydrogen (secondary N) is 1. The highest BCUT2D eigenvalue weighted by Crippen LogP contribution is 2.27. The molecule has 23 heavy (non-hydrogen) atoms. The fourth-order valence-corrected chi connectivity index (χ4v) is 2.12. The largest absolute Gasteiger partial charge is 0.495 e. The molecular formula is C15H12ClN5O2. The van der Waals surface area contributed by atoms with Gasteiger partial charge < -0.3 is 10.1 Å². The molecular weight excluding hydrogens is 318 g/mol. The average Bonchev–Trinajstić information content (AvgIpc) is 3.10. The topological polar surface area (TPSA) is 81.9 Å². The van der Waals surface area contributed by atoms with Gasteiger partial charge in [-0.2, -0.15) is 0 Å². The Hall–Kier alpha value is -2.93. The third kappa shape index (κ3) is 3.29. The van der Waals surface area contributed by atoms with Crippen LogP contribution in [0.25, 0.3) is 5.82 Å². The number of carbonyl (C=O) groups is 1. The summed E-state index contributed by atoms with van der Waals surface area (Å²) < 4.78 is 6.87. The molecule has 0 aliphatic heterocycles. The van der Waals surface area contributed by atoms with Crippen LogP contribution < -0.4 is 10.1 Å². The van der Waals surface area contributed by atoms with Gasteiger partial charge in [0.25, 0.3) is 5.91 Å². The minimum absolute atomic E-state index is 0.177. The van der Waals surface area contributed by atoms with Crippen molar-refractivity contribution in [2.45, 2.75) is 0 Å². The van der Waals surface area contributed by atoms with Crippen LogP contribution >= 0.6 is 11.6 Å². The molecule has 2 aromatic heterocycles. The highest BCUT2D eigenvalue weighted by Gasteiger charge is 2.12. The first-order valence-electron chi connectivity index (χ1n) is 6.64. The van der Waals surface area contributed by atoms with Crippen molar-refractivity contribution in [2.24, 2.45) is 0 Å². The van der Waals surface area contributed by atoms with E-state index in [9.17, 15) is 4.79 Å². The van der Waals surface area contributed by atoms with Crippen molar-refractivity contribution in [2.75, 3.05) is 12.4 Å². The highest BCUT2D eigenvalue weighted by atomic mass is 35.5. The summed E-state index contributed by atoms with van der Waals surface area (Å²) in [6.07, 6.45) is 4.97. The normalized spacial score (nSPS) is 10.3. The summed E-state index contributed by atoms with van der Waals surface area (Å²) in [4.78, 5) is 16.2. The summed E-state index contributed by atoms with van der Waals surface area (Å²) in [6, 6.07) is 8.21. The Labute approximate surface area is 136 Å². The molecule has 1 amide bonds. The minimum Gasteiger partial charge on any atom is -0.495 e. The Morgan fingerprint density at radius 3 is 2.78 bits per heavy atom. The van der Waals surface area contributed by atoms with Crippen LogP contribution in [0, 0.1) is 0 Å². The second-order valence-corrected chi connectivity index (χ2v) is 4.98. The molecule has 0 saturated heterocycles. The summed E-state index contributed by atoms with van der Waals surface area (Å²) in [6.45, 7) is 0. The van der Waals surface area contributed by atoms with Gasteiger partial charge in [-0.25, -0.2) is 4.98 Å². The predicted octanol–water partition coefficient (Wildman–Crippen LogP) is 2.58. The van der Waals surface area contributed by atoms with Gasteiger partial charge >= 0.3 is 0 Å². The number of nitrogens with zero attached hydrogens (tertiary/aromatic N) is 4. The number of ether oxygens (including phenoxy) is 1. The van der Waals surface area contributed by atoms with Crippen molar-refractivity contribution in [1.29, 1.82) is 0 Å². The zero-order valence-corrected chi connectivity index (χ0v) is 12.9. The van der Waals surface area contributed by atoms with E-state index < -0.39 is 5.91 Å². The van der Waals surface area contributed by atoms with Crippen LogP contribution in [0.4, 0.5) is 5.69 Å². The van der Waals surface area contributed by atoms with Crippen molar-refractivity contribution in [1.82, 2.24) is 19.7 Å². The standard InChI is InChI=1S/C15H12ClN5O2/c1-23-13-4-2-10(16)8-12(13)18-15(22)11-3-5-14(20-19-11)21-7-6-17-9-21/h2-9H,1H3,(H,18,22). The summed E-state index contributed by atoms with van der Waals surface area (Å²) in [5, 5.41) is 11.1. The van der Waals surface area contributed by atoms with E-state index in [1.807, 2.05) is 0 Å². The third-order valence-corrected chi connectivity index (χ3v) is 3.30. The summed E-state index contributed by atoms with van der Waals surface area (Å²) in [5.74, 6) is 0.667. The highest BCUT2D eigenvalue weighted by molar-refractivity contribution is 6.31. The molecule has 0 atom stereocenters. The summed E-state index contributed by atoms with van der Waals surface area (Å²) in [7, 11) is 1.51. The van der Waals surface area contributed by atoms with E-state index in [1.54, 1.807) is 53.6 Å². The van der Waals surface area contributed by atoms with Crippen LogP contribution in [0.1, 0.15) is 10.5 Å². The van der Waals surface area contributed by atoms with Crippen molar-refractivity contribution in [3.8, 4) is 11.6 Å². The third-order valence-electron chi connectivity index (χ3n) is 3.06. The molecule has 1 N–H and O–H groups in total. The molecule has 0 saturated carbocycles. The molecule has 0 unspecified atom stereocenters. The van der Waals surface area contributed by atoms with Gasteiger partial charge in [-0.15, -0.1) is 10.2 Å². The van der Waals surface area contributed by atoms with Crippen molar-refractivity contribution < 1.29 is 9.53 Å². The van der Waals surface area contributed by atoms with Crippen molar-refractivity contribution >= 4 is 23.2 Å². The zero-order chi connectivity index (χ0) is 16.2. The van der Waals surface area contributed by atoms with Crippen LogP contribution in [-0.4, -0.2) is 32.8 Å². The van der Waals surface area contributed by atoms with E-state index in [2.05, 4.69) is 20.5 Å². The molecule has 0 spiro atoms. The van der Waals surface area contributed by atoms with Crippen LogP contribution in [0.3, 0.4) is 0 Å². The maximum atomic E-state index is 12.3. The van der Waals surface area contributed by atoms with Gasteiger partial charge in [-0.1, -0.05) is 11.6 Å². The average molecular weight is 330 g/mol. The van der Waals surface area contributed by atoms with Gasteiger partial charge in [-0.05, 0) is 30.3 Å². The number of hydrogen-bond donors (Lipinski definition) is 1. The maximum absolute atomic E-state index is 12.3. The lowest BCUT2D eigenvalue weighted by atomic mass is 10.2. The molecule has 3 rings (SSSR count). The minimum atomic E-state index is -0.407. The monoisotopic (exact) mass is 329 g/mol. The van der Waals surface area contributed by atoms with Crippen LogP contribution in [0.2, 0.25) is 5.02 Å². The number of benzene rings is 1. The van der Waals surface area contributed by atoms with Gasteiger partial charge in [-0.3, -0.25) is 9.36 Å². The van der Waals surface area contributed by atoms with Crippen LogP contribution in [-0.2, 0) is 0 Å². The number of methoxy groups -OCH3 is 1. The number of hydrogen-bond acceptors (Lipinski definition) is 5. The Morgan fingerprint density at radius 1 is 1.26 bits per heavy atom. The first-order valence-corrected chi connectivity index (χ1v) is 7.02. The maximum Gasteiger partial charge on any atom is 0.276 e. The number of imidazole rings is 1. The molecule has 2 heterocycles. The molecule has 0 aliphatic rings. The number of amides is 1. The molecule has 7 nitrogen and oxygen atoms in total. The first kappa shape index (κ1) is 15.0. The molecule has 3 aromatic rings. The Bertz CT molecular complexity index is 818. The molecule has 0 aliphatic carbocycles. The second-order valence-electron chi connectivity index (χ2n) is 4.55. The Kier molecular flexibility index (Phi) is 4.20. The van der Waals surface area contributed by atoms with Gasteiger partial charge in [0.15, 0.2) is 11.5 Å². The first-order chi connectivity index (χ1) is 11.2. The van der Waals surface area contributed by atoms with Gasteiger partial charge in [0.05, 0.1) is 12.8 Å². The SMILES string of the molecule is COc1ccc(Cl)cc1NC(=O)c1ccc(-n2ccnc2)nn1. The summed E-state index contributed by atoms with van der Waals surface area (Å²) in [5.41, 5.74) is 0.640. The molecule has 8 heteroatoms. The molecule has 1 aromatic carbocycles. The molecule has 0 fully saturated rings. The predicted molar refractivity (Wildman–Crippen MR) is 85.1 cm³/mol. The van der Waals surface area contributed by atoms with Crippen molar-refractivity contribution in [3.63, 3.8) is 0 Å². The van der Waals surface area contributed by atoms with Gasteiger partial charge in [0.1, 0.15) is 12.1 Å². The zero-order valence-electron chi connectivity index (χ0n) is 12.1. The number of halogens is 1. The quantitative estimate of drug-likeness (QED) is 0.795. The van der Waals surface area contributed by atoms with Crippen LogP contribution in [0.15, 0.2) is 49.1 Å². The lowest BCUT2D eigenvalue weighted by Crippen LogP contribution is -2.15. The molecule has 0 bridgehead atoms. The fraction of sp³-hybridized carbons (Fsp3) is 0.0667. The van der Waals surface area contributed by atoms with E-state index in [4.69, 9.17) is 16.3 Å². The van der Waals surface area contributed by atoms with Gasteiger partial charge in [0, 0.05) is 17.4 Å². The fourth-order valence-electron chi connectivity index (χ4n) is 1.94. The molecule has 0 radical (unpaired) electrons. The van der Waals surface area contributed by atoms with E-state index in [1.165, 1.54) is 7.11 Å². The Morgan fingerprint density at radius 2 is 2.13 bits per heavy atom. The van der Waals surface area contributed by atoms with E-state index in [0.29, 0.717) is 22.3 Å². The number of carbonyl (C=O) groups excluding carboxylic acids is 1. The van der Waals surface area contributed by atoms with E-state index >= 15 is 0 Å².